The van der Waals surface area contributed by atoms with E-state index in [-0.39, 0.29) is 0 Å². The molecule has 0 spiro atoms. The number of pyridine rings is 1. The fourth-order valence-corrected chi connectivity index (χ4v) is 2.53. The molecule has 2 aromatic heterocycles. The van der Waals surface area contributed by atoms with E-state index < -0.39 is 0 Å². The molecule has 0 aromatic carbocycles. The molecule has 3 rings (SSSR count). The normalized spacial score (nSPS) is 13.2. The Labute approximate surface area is 118 Å². The van der Waals surface area contributed by atoms with Crippen molar-refractivity contribution in [2.45, 2.75) is 13.0 Å². The Kier molecular flexibility index (Phi) is 3.62. The molecule has 5 heteroatoms. The van der Waals surface area contributed by atoms with Crippen LogP contribution in [0.1, 0.15) is 16.8 Å². The number of hydrogen-bond donors (Lipinski definition) is 2. The van der Waals surface area contributed by atoms with E-state index in [0.717, 1.165) is 36.5 Å². The average Bonchev–Trinajstić information content (AvgIpc) is 3.06. The number of aromatic amines is 1. The molecular weight excluding hydrogens is 250 g/mol. The van der Waals surface area contributed by atoms with Gasteiger partial charge in [0.05, 0.1) is 17.6 Å². The van der Waals surface area contributed by atoms with Gasteiger partial charge in [-0.3, -0.25) is 10.1 Å². The highest BCUT2D eigenvalue weighted by atomic mass is 15.1. The predicted octanol–water partition coefficient (Wildman–Crippen LogP) is 1.43. The monoisotopic (exact) mass is 269 g/mol. The molecule has 2 heterocycles. The molecule has 0 aliphatic heterocycles. The van der Waals surface area contributed by atoms with Gasteiger partial charge in [0.25, 0.3) is 0 Å². The van der Waals surface area contributed by atoms with Crippen molar-refractivity contribution in [1.29, 1.82) is 0 Å². The minimum Gasteiger partial charge on any atom is -0.329 e. The Morgan fingerprint density at radius 1 is 1.40 bits per heavy atom. The van der Waals surface area contributed by atoms with E-state index in [1.807, 2.05) is 12.4 Å². The summed E-state index contributed by atoms with van der Waals surface area (Å²) in [5.74, 6) is 0. The summed E-state index contributed by atoms with van der Waals surface area (Å²) in [5.41, 5.74) is 11.2. The Morgan fingerprint density at radius 2 is 2.30 bits per heavy atom. The van der Waals surface area contributed by atoms with Crippen LogP contribution in [0.3, 0.4) is 0 Å². The van der Waals surface area contributed by atoms with Gasteiger partial charge < -0.3 is 10.6 Å². The van der Waals surface area contributed by atoms with Crippen LogP contribution in [0, 0.1) is 0 Å². The Hall–Kier alpha value is -1.98. The van der Waals surface area contributed by atoms with Crippen LogP contribution in [0.25, 0.3) is 17.3 Å². The summed E-state index contributed by atoms with van der Waals surface area (Å²) in [6, 6.07) is 2.17. The van der Waals surface area contributed by atoms with Crippen LogP contribution in [0.5, 0.6) is 0 Å². The van der Waals surface area contributed by atoms with Crippen LogP contribution < -0.4 is 5.73 Å². The smallest absolute Gasteiger partial charge is 0.0710 e. The number of likely N-dealkylation sites (N-methyl/N-ethyl adjacent to an activating group) is 1. The lowest BCUT2D eigenvalue weighted by molar-refractivity contribution is 0.337. The van der Waals surface area contributed by atoms with Crippen molar-refractivity contribution in [2.24, 2.45) is 5.73 Å². The largest absolute Gasteiger partial charge is 0.329 e. The Balaban J connectivity index is 1.87. The number of H-pyrrole nitrogens is 1. The second-order valence-electron chi connectivity index (χ2n) is 5.16. The molecule has 0 unspecified atom stereocenters. The van der Waals surface area contributed by atoms with Crippen molar-refractivity contribution in [1.82, 2.24) is 20.1 Å². The lowest BCUT2D eigenvalue weighted by atomic mass is 10.1. The summed E-state index contributed by atoms with van der Waals surface area (Å²) >= 11 is 0. The molecule has 0 atom stereocenters. The van der Waals surface area contributed by atoms with Crippen molar-refractivity contribution < 1.29 is 0 Å². The maximum atomic E-state index is 5.59. The predicted molar refractivity (Wildman–Crippen MR) is 79.9 cm³/mol. The zero-order valence-corrected chi connectivity index (χ0v) is 11.6. The number of allylic oxidation sites excluding steroid dienone is 1. The molecule has 5 nitrogen and oxygen atoms in total. The van der Waals surface area contributed by atoms with Gasteiger partial charge in [-0.2, -0.15) is 5.10 Å². The third-order valence-electron chi connectivity index (χ3n) is 3.57. The lowest BCUT2D eigenvalue weighted by Gasteiger charge is -2.15. The fraction of sp³-hybridized carbons (Fsp3) is 0.333. The number of nitrogens with one attached hydrogen (secondary N) is 1. The van der Waals surface area contributed by atoms with Crippen LogP contribution >= 0.6 is 0 Å². The summed E-state index contributed by atoms with van der Waals surface area (Å²) in [4.78, 5) is 6.72. The number of nitrogens with two attached hydrogens (primary N) is 1. The minimum atomic E-state index is 0.662. The molecule has 0 bridgehead atoms. The van der Waals surface area contributed by atoms with Crippen molar-refractivity contribution >= 4 is 6.08 Å². The van der Waals surface area contributed by atoms with Crippen LogP contribution in [0.2, 0.25) is 0 Å². The van der Waals surface area contributed by atoms with Gasteiger partial charge in [0.1, 0.15) is 0 Å². The molecule has 0 saturated carbocycles. The molecule has 20 heavy (non-hydrogen) atoms. The van der Waals surface area contributed by atoms with Crippen molar-refractivity contribution in [3.05, 3.63) is 41.4 Å². The number of aromatic nitrogens is 3. The molecule has 1 aliphatic carbocycles. The molecule has 2 aromatic rings. The van der Waals surface area contributed by atoms with E-state index in [4.69, 9.17) is 5.73 Å². The van der Waals surface area contributed by atoms with Crippen LogP contribution in [0.15, 0.2) is 24.5 Å². The summed E-state index contributed by atoms with van der Waals surface area (Å²) in [6.07, 6.45) is 9.01. The topological polar surface area (TPSA) is 70.8 Å². The Morgan fingerprint density at radius 3 is 3.15 bits per heavy atom. The molecule has 0 amide bonds. The van der Waals surface area contributed by atoms with E-state index in [1.54, 1.807) is 0 Å². The van der Waals surface area contributed by atoms with E-state index in [2.05, 4.69) is 45.3 Å². The van der Waals surface area contributed by atoms with Crippen molar-refractivity contribution in [2.75, 3.05) is 20.1 Å². The highest BCUT2D eigenvalue weighted by Crippen LogP contribution is 2.26. The number of nitrogens with zero attached hydrogens (tertiary/aromatic N) is 3. The van der Waals surface area contributed by atoms with Gasteiger partial charge in [-0.1, -0.05) is 12.2 Å². The van der Waals surface area contributed by atoms with Gasteiger partial charge in [0.2, 0.25) is 0 Å². The number of fused-ring (bicyclic) bond motifs is 1. The lowest BCUT2D eigenvalue weighted by Crippen LogP contribution is -2.25. The van der Waals surface area contributed by atoms with Gasteiger partial charge in [0.15, 0.2) is 0 Å². The quantitative estimate of drug-likeness (QED) is 0.861. The highest BCUT2D eigenvalue weighted by molar-refractivity contribution is 5.68. The molecule has 104 valence electrons. The minimum absolute atomic E-state index is 0.662. The van der Waals surface area contributed by atoms with Gasteiger partial charge in [0, 0.05) is 43.4 Å². The first-order chi connectivity index (χ1) is 9.78. The number of hydrogen-bond acceptors (Lipinski definition) is 4. The molecule has 0 radical (unpaired) electrons. The second kappa shape index (κ2) is 5.56. The molecule has 0 fully saturated rings. The van der Waals surface area contributed by atoms with Gasteiger partial charge in [-0.05, 0) is 18.7 Å². The first-order valence-corrected chi connectivity index (χ1v) is 6.84. The SMILES string of the molecule is CN(CCN)Cc1cn[nH]c1-c1cnc2c(c1)C=CC2. The molecule has 1 aliphatic rings. The van der Waals surface area contributed by atoms with Crippen molar-refractivity contribution in [3.63, 3.8) is 0 Å². The highest BCUT2D eigenvalue weighted by Gasteiger charge is 2.13. The maximum absolute atomic E-state index is 5.59. The third kappa shape index (κ3) is 2.50. The second-order valence-corrected chi connectivity index (χ2v) is 5.16. The van der Waals surface area contributed by atoms with E-state index in [9.17, 15) is 0 Å². The van der Waals surface area contributed by atoms with E-state index in [0.29, 0.717) is 6.54 Å². The summed E-state index contributed by atoms with van der Waals surface area (Å²) < 4.78 is 0. The summed E-state index contributed by atoms with van der Waals surface area (Å²) in [7, 11) is 2.06. The van der Waals surface area contributed by atoms with E-state index in [1.165, 1.54) is 11.1 Å². The molecule has 0 saturated heterocycles. The Bertz CT molecular complexity index is 629. The summed E-state index contributed by atoms with van der Waals surface area (Å²) in [6.45, 7) is 2.36. The van der Waals surface area contributed by atoms with Gasteiger partial charge in [-0.25, -0.2) is 0 Å². The third-order valence-corrected chi connectivity index (χ3v) is 3.57. The van der Waals surface area contributed by atoms with Crippen LogP contribution in [-0.2, 0) is 13.0 Å². The first kappa shape index (κ1) is 13.0. The van der Waals surface area contributed by atoms with Crippen LogP contribution in [0.4, 0.5) is 0 Å². The van der Waals surface area contributed by atoms with Crippen molar-refractivity contribution in [3.8, 4) is 11.3 Å². The summed E-state index contributed by atoms with van der Waals surface area (Å²) in [5, 5.41) is 7.27. The van der Waals surface area contributed by atoms with E-state index >= 15 is 0 Å². The van der Waals surface area contributed by atoms with Crippen LogP contribution in [-0.4, -0.2) is 40.2 Å². The maximum Gasteiger partial charge on any atom is 0.0710 e. The first-order valence-electron chi connectivity index (χ1n) is 6.84. The number of rotatable bonds is 5. The average molecular weight is 269 g/mol. The fourth-order valence-electron chi connectivity index (χ4n) is 2.53. The standard InChI is InChI=1S/C15H19N5/c1-20(6-5-16)10-13-9-18-19-15(13)12-7-11-3-2-4-14(11)17-8-12/h2-3,7-9H,4-6,10,16H2,1H3,(H,18,19). The molecular formula is C15H19N5. The molecule has 3 N–H and O–H groups in total. The van der Waals surface area contributed by atoms with Gasteiger partial charge >= 0.3 is 0 Å². The van der Waals surface area contributed by atoms with Gasteiger partial charge in [-0.15, -0.1) is 0 Å². The zero-order chi connectivity index (χ0) is 13.9. The zero-order valence-electron chi connectivity index (χ0n) is 11.6.